The molecule has 158 valence electrons. The zero-order valence-electron chi connectivity index (χ0n) is 18.0. The summed E-state index contributed by atoms with van der Waals surface area (Å²) < 4.78 is 15.7. The number of methoxy groups -OCH3 is 2. The van der Waals surface area contributed by atoms with Crippen molar-refractivity contribution in [2.75, 3.05) is 20.8 Å². The van der Waals surface area contributed by atoms with Crippen LogP contribution in [0.1, 0.15) is 23.6 Å². The average molecular weight is 425 g/mol. The van der Waals surface area contributed by atoms with Crippen molar-refractivity contribution in [2.24, 2.45) is 0 Å². The summed E-state index contributed by atoms with van der Waals surface area (Å²) in [7, 11) is 3.35. The Morgan fingerprint density at radius 3 is 2.47 bits per heavy atom. The molecule has 2 aromatic carbocycles. The molecule has 6 nitrogen and oxygen atoms in total. The second-order valence-corrected chi connectivity index (χ2v) is 8.00. The smallest absolute Gasteiger partial charge is 0.199 e. The molecule has 30 heavy (non-hydrogen) atoms. The van der Waals surface area contributed by atoms with Gasteiger partial charge in [0.15, 0.2) is 22.1 Å². The molecule has 1 aliphatic heterocycles. The van der Waals surface area contributed by atoms with Gasteiger partial charge in [0.2, 0.25) is 0 Å². The van der Waals surface area contributed by atoms with Crippen LogP contribution in [-0.4, -0.2) is 40.0 Å². The fourth-order valence-electron chi connectivity index (χ4n) is 4.07. The lowest BCUT2D eigenvalue weighted by Gasteiger charge is -2.29. The van der Waals surface area contributed by atoms with E-state index >= 15 is 0 Å². The molecule has 0 atom stereocenters. The predicted molar refractivity (Wildman–Crippen MR) is 121 cm³/mol. The van der Waals surface area contributed by atoms with E-state index in [0.717, 1.165) is 53.7 Å². The number of nitrogens with zero attached hydrogens (tertiary/aromatic N) is 4. The molecular weight excluding hydrogens is 396 g/mol. The summed E-state index contributed by atoms with van der Waals surface area (Å²) in [6.45, 7) is 7.44. The number of aromatic nitrogens is 3. The van der Waals surface area contributed by atoms with Crippen molar-refractivity contribution in [1.29, 1.82) is 0 Å². The predicted octanol–water partition coefficient (Wildman–Crippen LogP) is 4.44. The Kier molecular flexibility index (Phi) is 5.92. The van der Waals surface area contributed by atoms with Crippen molar-refractivity contribution in [1.82, 2.24) is 19.2 Å². The van der Waals surface area contributed by atoms with Gasteiger partial charge < -0.3 is 14.0 Å². The van der Waals surface area contributed by atoms with Crippen LogP contribution in [0.5, 0.6) is 11.5 Å². The number of ether oxygens (including phenoxy) is 2. The molecule has 1 aliphatic rings. The first-order chi connectivity index (χ1) is 14.5. The zero-order chi connectivity index (χ0) is 21.3. The molecule has 1 aromatic heterocycles. The van der Waals surface area contributed by atoms with Gasteiger partial charge >= 0.3 is 0 Å². The molecule has 0 amide bonds. The maximum absolute atomic E-state index is 5.76. The molecule has 0 N–H and O–H groups in total. The van der Waals surface area contributed by atoms with Crippen LogP contribution in [0.2, 0.25) is 0 Å². The van der Waals surface area contributed by atoms with E-state index in [1.165, 1.54) is 16.7 Å². The summed E-state index contributed by atoms with van der Waals surface area (Å²) in [6.07, 6.45) is 0.961. The van der Waals surface area contributed by atoms with E-state index in [9.17, 15) is 0 Å². The van der Waals surface area contributed by atoms with Crippen LogP contribution in [0.4, 0.5) is 0 Å². The normalized spacial score (nSPS) is 13.9. The fraction of sp³-hybridized carbons (Fsp3) is 0.391. The third kappa shape index (κ3) is 3.87. The van der Waals surface area contributed by atoms with Gasteiger partial charge in [-0.05, 0) is 61.8 Å². The van der Waals surface area contributed by atoms with Gasteiger partial charge in [0.05, 0.1) is 20.9 Å². The second-order valence-electron chi connectivity index (χ2n) is 7.64. The van der Waals surface area contributed by atoms with Gasteiger partial charge in [-0.15, -0.1) is 0 Å². The number of fused-ring (bicyclic) bond motifs is 1. The van der Waals surface area contributed by atoms with Crippen molar-refractivity contribution in [3.63, 3.8) is 0 Å². The van der Waals surface area contributed by atoms with Gasteiger partial charge in [0.25, 0.3) is 0 Å². The summed E-state index contributed by atoms with van der Waals surface area (Å²) >= 11 is 5.76. The second kappa shape index (κ2) is 8.62. The van der Waals surface area contributed by atoms with E-state index in [0.29, 0.717) is 6.67 Å². The molecule has 2 heterocycles. The molecule has 0 fully saturated rings. The molecule has 4 rings (SSSR count). The topological polar surface area (TPSA) is 44.5 Å². The first kappa shape index (κ1) is 20.6. The van der Waals surface area contributed by atoms with Crippen molar-refractivity contribution in [2.45, 2.75) is 40.0 Å². The summed E-state index contributed by atoms with van der Waals surface area (Å²) in [6, 6.07) is 12.6. The van der Waals surface area contributed by atoms with Crippen LogP contribution in [0, 0.1) is 11.7 Å². The summed E-state index contributed by atoms with van der Waals surface area (Å²) in [5, 5.41) is 4.89. The molecule has 0 saturated carbocycles. The molecule has 7 heteroatoms. The number of rotatable bonds is 6. The van der Waals surface area contributed by atoms with Crippen LogP contribution in [-0.2, 0) is 26.2 Å². The van der Waals surface area contributed by atoms with Crippen molar-refractivity contribution >= 4 is 12.2 Å². The minimum atomic E-state index is 0.665. The lowest BCUT2D eigenvalue weighted by atomic mass is 9.99. The molecule has 0 radical (unpaired) electrons. The van der Waals surface area contributed by atoms with Crippen molar-refractivity contribution in [3.05, 3.63) is 57.9 Å². The van der Waals surface area contributed by atoms with E-state index in [2.05, 4.69) is 59.7 Å². The van der Waals surface area contributed by atoms with Crippen LogP contribution >= 0.6 is 12.2 Å². The Labute approximate surface area is 182 Å². The summed E-state index contributed by atoms with van der Waals surface area (Å²) in [5.41, 5.74) is 4.89. The molecule has 0 unspecified atom stereocenters. The molecule has 0 bridgehead atoms. The SMILES string of the molecule is CCn1c(-c2cccc(C)c2)nn(CN2CCc3cc(OC)c(OC)cc3C2)c1=S. The quantitative estimate of drug-likeness (QED) is 0.547. The van der Waals surface area contributed by atoms with E-state index < -0.39 is 0 Å². The maximum Gasteiger partial charge on any atom is 0.199 e. The Bertz CT molecular complexity index is 1120. The standard InChI is InChI=1S/C23H28N4O2S/c1-5-26-22(18-8-6-7-16(2)11-18)24-27(23(26)30)15-25-10-9-17-12-20(28-3)21(29-4)13-19(17)14-25/h6-8,11-13H,5,9-10,14-15H2,1-4H3. The highest BCUT2D eigenvalue weighted by atomic mass is 32.1. The van der Waals surface area contributed by atoms with Gasteiger partial charge in [-0.1, -0.05) is 23.8 Å². The fourth-order valence-corrected chi connectivity index (χ4v) is 4.38. The highest BCUT2D eigenvalue weighted by molar-refractivity contribution is 7.71. The zero-order valence-corrected chi connectivity index (χ0v) is 18.8. The van der Waals surface area contributed by atoms with Crippen LogP contribution in [0.25, 0.3) is 11.4 Å². The number of benzene rings is 2. The third-order valence-corrected chi connectivity index (χ3v) is 6.08. The van der Waals surface area contributed by atoms with Gasteiger partial charge in [-0.3, -0.25) is 4.90 Å². The van der Waals surface area contributed by atoms with Crippen LogP contribution in [0.3, 0.4) is 0 Å². The van der Waals surface area contributed by atoms with E-state index in [-0.39, 0.29) is 0 Å². The number of aryl methyl sites for hydroxylation is 1. The highest BCUT2D eigenvalue weighted by Gasteiger charge is 2.21. The first-order valence-electron chi connectivity index (χ1n) is 10.2. The molecular formula is C23H28N4O2S. The number of hydrogen-bond donors (Lipinski definition) is 0. The molecule has 0 saturated heterocycles. The van der Waals surface area contributed by atoms with Gasteiger partial charge in [0.1, 0.15) is 0 Å². The van der Waals surface area contributed by atoms with Gasteiger partial charge in [-0.2, -0.15) is 5.10 Å². The van der Waals surface area contributed by atoms with Gasteiger partial charge in [0, 0.05) is 25.2 Å². The maximum atomic E-state index is 5.76. The number of hydrogen-bond acceptors (Lipinski definition) is 5. The highest BCUT2D eigenvalue weighted by Crippen LogP contribution is 2.33. The van der Waals surface area contributed by atoms with Crippen molar-refractivity contribution in [3.8, 4) is 22.9 Å². The van der Waals surface area contributed by atoms with E-state index in [1.807, 2.05) is 4.68 Å². The third-order valence-electron chi connectivity index (χ3n) is 5.65. The lowest BCUT2D eigenvalue weighted by Crippen LogP contribution is -2.32. The Morgan fingerprint density at radius 2 is 1.80 bits per heavy atom. The van der Waals surface area contributed by atoms with Crippen LogP contribution in [0.15, 0.2) is 36.4 Å². The minimum Gasteiger partial charge on any atom is -0.493 e. The molecule has 0 aliphatic carbocycles. The Hall–Kier alpha value is -2.64. The molecule has 3 aromatic rings. The lowest BCUT2D eigenvalue weighted by molar-refractivity contribution is 0.187. The van der Waals surface area contributed by atoms with Gasteiger partial charge in [-0.25, -0.2) is 4.68 Å². The largest absolute Gasteiger partial charge is 0.493 e. The molecule has 0 spiro atoms. The van der Waals surface area contributed by atoms with Crippen molar-refractivity contribution < 1.29 is 9.47 Å². The van der Waals surface area contributed by atoms with E-state index in [4.69, 9.17) is 26.8 Å². The van der Waals surface area contributed by atoms with Crippen LogP contribution < -0.4 is 9.47 Å². The minimum absolute atomic E-state index is 0.665. The Balaban J connectivity index is 1.61. The average Bonchev–Trinajstić information content (AvgIpc) is 3.07. The monoisotopic (exact) mass is 424 g/mol. The first-order valence-corrected chi connectivity index (χ1v) is 10.7. The van der Waals surface area contributed by atoms with E-state index in [1.54, 1.807) is 14.2 Å². The summed E-state index contributed by atoms with van der Waals surface area (Å²) in [5.74, 6) is 2.48. The summed E-state index contributed by atoms with van der Waals surface area (Å²) in [4.78, 5) is 2.37. The Morgan fingerprint density at radius 1 is 1.07 bits per heavy atom.